The number of nitrogen functional groups attached to an aromatic ring is 1. The number of nitro groups is 1. The lowest BCUT2D eigenvalue weighted by atomic mass is 10.00. The second-order valence-corrected chi connectivity index (χ2v) is 5.02. The molecule has 7 nitrogen and oxygen atoms in total. The Balaban J connectivity index is 2.87. The fourth-order valence-electron chi connectivity index (χ4n) is 2.21. The topological polar surface area (TPSA) is 118 Å². The fraction of sp³-hybridized carbons (Fsp3) is 0.500. The molecular formula is C14H20FN3O4. The smallest absolute Gasteiger partial charge is 0.295 e. The first-order valence-corrected chi connectivity index (χ1v) is 7.03. The highest BCUT2D eigenvalue weighted by Gasteiger charge is 2.22. The Labute approximate surface area is 127 Å². The van der Waals surface area contributed by atoms with E-state index in [1.54, 1.807) is 0 Å². The predicted molar refractivity (Wildman–Crippen MR) is 79.9 cm³/mol. The Kier molecular flexibility index (Phi) is 6.71. The van der Waals surface area contributed by atoms with Gasteiger partial charge in [-0.2, -0.15) is 0 Å². The van der Waals surface area contributed by atoms with Gasteiger partial charge in [-0.05, 0) is 24.8 Å². The number of amides is 1. The molecule has 0 aliphatic rings. The van der Waals surface area contributed by atoms with Crippen LogP contribution in [-0.4, -0.2) is 29.1 Å². The van der Waals surface area contributed by atoms with E-state index in [1.807, 2.05) is 6.92 Å². The van der Waals surface area contributed by atoms with Crippen LogP contribution in [0.1, 0.15) is 36.5 Å². The fourth-order valence-corrected chi connectivity index (χ4v) is 2.21. The van der Waals surface area contributed by atoms with Crippen molar-refractivity contribution < 1.29 is 19.2 Å². The molecule has 0 saturated heterocycles. The number of rotatable bonds is 8. The number of anilines is 1. The third-order valence-corrected chi connectivity index (χ3v) is 3.35. The number of hydrogen-bond donors (Lipinski definition) is 3. The number of nitrogens with zero attached hydrogens (tertiary/aromatic N) is 1. The van der Waals surface area contributed by atoms with Crippen LogP contribution in [0.25, 0.3) is 0 Å². The Morgan fingerprint density at radius 2 is 2.18 bits per heavy atom. The second kappa shape index (κ2) is 8.28. The zero-order valence-corrected chi connectivity index (χ0v) is 12.3. The number of halogens is 1. The van der Waals surface area contributed by atoms with Crippen molar-refractivity contribution in [2.24, 2.45) is 5.92 Å². The summed E-state index contributed by atoms with van der Waals surface area (Å²) < 4.78 is 13.4. The van der Waals surface area contributed by atoms with Crippen LogP contribution in [0.15, 0.2) is 12.1 Å². The van der Waals surface area contributed by atoms with Crippen LogP contribution >= 0.6 is 0 Å². The van der Waals surface area contributed by atoms with E-state index >= 15 is 0 Å². The van der Waals surface area contributed by atoms with Gasteiger partial charge in [-0.1, -0.05) is 13.3 Å². The van der Waals surface area contributed by atoms with Gasteiger partial charge in [-0.15, -0.1) is 0 Å². The SMILES string of the molecule is CCCC(CCO)CNC(=O)c1cc(F)cc([N+](=O)[O-])c1N. The highest BCUT2D eigenvalue weighted by Crippen LogP contribution is 2.26. The van der Waals surface area contributed by atoms with Crippen molar-refractivity contribution in [3.8, 4) is 0 Å². The van der Waals surface area contributed by atoms with E-state index in [0.29, 0.717) is 12.5 Å². The minimum absolute atomic E-state index is 0.00805. The number of hydrogen-bond acceptors (Lipinski definition) is 5. The number of aliphatic hydroxyl groups is 1. The maximum Gasteiger partial charge on any atom is 0.295 e. The number of nitrogens with two attached hydrogens (primary N) is 1. The number of benzene rings is 1. The van der Waals surface area contributed by atoms with Gasteiger partial charge in [-0.25, -0.2) is 4.39 Å². The molecule has 0 saturated carbocycles. The molecule has 1 aromatic rings. The maximum atomic E-state index is 13.4. The van der Waals surface area contributed by atoms with Crippen LogP contribution in [0.3, 0.4) is 0 Å². The molecule has 1 unspecified atom stereocenters. The maximum absolute atomic E-state index is 13.4. The Morgan fingerprint density at radius 3 is 2.73 bits per heavy atom. The molecule has 0 bridgehead atoms. The lowest BCUT2D eigenvalue weighted by Crippen LogP contribution is -2.30. The van der Waals surface area contributed by atoms with E-state index in [-0.39, 0.29) is 30.3 Å². The molecule has 0 radical (unpaired) electrons. The molecule has 8 heteroatoms. The quantitative estimate of drug-likeness (QED) is 0.384. The Morgan fingerprint density at radius 1 is 1.50 bits per heavy atom. The van der Waals surface area contributed by atoms with Gasteiger partial charge < -0.3 is 16.2 Å². The van der Waals surface area contributed by atoms with Gasteiger partial charge in [0, 0.05) is 13.2 Å². The highest BCUT2D eigenvalue weighted by molar-refractivity contribution is 6.01. The molecule has 0 aliphatic carbocycles. The van der Waals surface area contributed by atoms with Crippen molar-refractivity contribution in [3.63, 3.8) is 0 Å². The van der Waals surface area contributed by atoms with E-state index < -0.39 is 22.3 Å². The summed E-state index contributed by atoms with van der Waals surface area (Å²) in [6.45, 7) is 2.28. The standard InChI is InChI=1S/C14H20FN3O4/c1-2-3-9(4-5-19)8-17-14(20)11-6-10(15)7-12(13(11)16)18(21)22/h6-7,9,19H,2-5,8,16H2,1H3,(H,17,20). The average Bonchev–Trinajstić information content (AvgIpc) is 2.46. The number of carbonyl (C=O) groups excluding carboxylic acids is 1. The van der Waals surface area contributed by atoms with Crippen LogP contribution in [0.2, 0.25) is 0 Å². The van der Waals surface area contributed by atoms with Gasteiger partial charge in [-0.3, -0.25) is 14.9 Å². The van der Waals surface area contributed by atoms with E-state index in [0.717, 1.165) is 18.9 Å². The minimum atomic E-state index is -0.897. The summed E-state index contributed by atoms with van der Waals surface area (Å²) in [6.07, 6.45) is 2.25. The van der Waals surface area contributed by atoms with Gasteiger partial charge in [0.25, 0.3) is 11.6 Å². The summed E-state index contributed by atoms with van der Waals surface area (Å²) >= 11 is 0. The Bertz CT molecular complexity index is 545. The van der Waals surface area contributed by atoms with Crippen LogP contribution in [0.4, 0.5) is 15.8 Å². The summed E-state index contributed by atoms with van der Waals surface area (Å²) in [5.74, 6) is -1.48. The van der Waals surface area contributed by atoms with Crippen LogP contribution < -0.4 is 11.1 Å². The van der Waals surface area contributed by atoms with E-state index in [9.17, 15) is 19.3 Å². The number of aliphatic hydroxyl groups excluding tert-OH is 1. The van der Waals surface area contributed by atoms with E-state index in [4.69, 9.17) is 10.8 Å². The summed E-state index contributed by atoms with van der Waals surface area (Å²) in [6, 6.07) is 1.55. The second-order valence-electron chi connectivity index (χ2n) is 5.02. The zero-order chi connectivity index (χ0) is 16.7. The highest BCUT2D eigenvalue weighted by atomic mass is 19.1. The van der Waals surface area contributed by atoms with Crippen LogP contribution in [0.5, 0.6) is 0 Å². The summed E-state index contributed by atoms with van der Waals surface area (Å²) in [5.41, 5.74) is 4.31. The van der Waals surface area contributed by atoms with Crippen molar-refractivity contribution >= 4 is 17.3 Å². The number of nitrogens with one attached hydrogen (secondary N) is 1. The molecule has 0 fully saturated rings. The van der Waals surface area contributed by atoms with Gasteiger partial charge in [0.15, 0.2) is 0 Å². The first-order chi connectivity index (χ1) is 10.4. The van der Waals surface area contributed by atoms with Crippen molar-refractivity contribution in [2.75, 3.05) is 18.9 Å². The normalized spacial score (nSPS) is 12.0. The largest absolute Gasteiger partial charge is 0.396 e. The summed E-state index contributed by atoms with van der Waals surface area (Å²) in [5, 5.41) is 22.3. The lowest BCUT2D eigenvalue weighted by molar-refractivity contribution is -0.384. The van der Waals surface area contributed by atoms with Gasteiger partial charge in [0.2, 0.25) is 0 Å². The van der Waals surface area contributed by atoms with Gasteiger partial charge in [0.1, 0.15) is 11.5 Å². The molecule has 1 aromatic carbocycles. The molecule has 22 heavy (non-hydrogen) atoms. The molecule has 0 heterocycles. The van der Waals surface area contributed by atoms with Crippen molar-refractivity contribution in [1.29, 1.82) is 0 Å². The van der Waals surface area contributed by atoms with E-state index in [2.05, 4.69) is 5.32 Å². The first kappa shape index (κ1) is 17.8. The number of nitro benzene ring substituents is 1. The Hall–Kier alpha value is -2.22. The molecule has 0 aromatic heterocycles. The first-order valence-electron chi connectivity index (χ1n) is 7.03. The molecule has 122 valence electrons. The van der Waals surface area contributed by atoms with Crippen LogP contribution in [0, 0.1) is 21.8 Å². The van der Waals surface area contributed by atoms with Gasteiger partial charge >= 0.3 is 0 Å². The molecular weight excluding hydrogens is 293 g/mol. The summed E-state index contributed by atoms with van der Waals surface area (Å²) in [4.78, 5) is 22.0. The van der Waals surface area contributed by atoms with E-state index in [1.165, 1.54) is 0 Å². The molecule has 1 atom stereocenters. The monoisotopic (exact) mass is 313 g/mol. The minimum Gasteiger partial charge on any atom is -0.396 e. The average molecular weight is 313 g/mol. The molecule has 1 rings (SSSR count). The third-order valence-electron chi connectivity index (χ3n) is 3.35. The van der Waals surface area contributed by atoms with Crippen molar-refractivity contribution in [1.82, 2.24) is 5.32 Å². The molecule has 1 amide bonds. The third kappa shape index (κ3) is 4.66. The zero-order valence-electron chi connectivity index (χ0n) is 12.3. The lowest BCUT2D eigenvalue weighted by Gasteiger charge is -2.16. The van der Waals surface area contributed by atoms with Crippen molar-refractivity contribution in [3.05, 3.63) is 33.6 Å². The number of carbonyl (C=O) groups is 1. The molecule has 0 aliphatic heterocycles. The molecule has 0 spiro atoms. The van der Waals surface area contributed by atoms with Crippen molar-refractivity contribution in [2.45, 2.75) is 26.2 Å². The van der Waals surface area contributed by atoms with Gasteiger partial charge in [0.05, 0.1) is 16.6 Å². The summed E-state index contributed by atoms with van der Waals surface area (Å²) in [7, 11) is 0. The van der Waals surface area contributed by atoms with Crippen LogP contribution in [-0.2, 0) is 0 Å². The molecule has 4 N–H and O–H groups in total. The predicted octanol–water partition coefficient (Wildman–Crippen LogP) is 1.84.